The van der Waals surface area contributed by atoms with Crippen LogP contribution in [0, 0.1) is 0 Å². The molecule has 3 nitrogen and oxygen atoms in total. The van der Waals surface area contributed by atoms with Crippen LogP contribution in [0.15, 0.2) is 6.33 Å². The topological polar surface area (TPSA) is 40.7 Å². The molecule has 0 radical (unpaired) electrons. The predicted molar refractivity (Wildman–Crippen MR) is 55.1 cm³/mol. The third kappa shape index (κ3) is 1.12. The summed E-state index contributed by atoms with van der Waals surface area (Å²) in [5.41, 5.74) is 2.90. The molecule has 1 saturated carbocycles. The lowest BCUT2D eigenvalue weighted by molar-refractivity contribution is 0.217. The highest BCUT2D eigenvalue weighted by atomic mass is 15.1. The average Bonchev–Trinajstić information content (AvgIpc) is 2.69. The quantitative estimate of drug-likeness (QED) is 0.655. The van der Waals surface area contributed by atoms with Crippen molar-refractivity contribution < 1.29 is 0 Å². The number of nitrogens with one attached hydrogen (secondary N) is 2. The van der Waals surface area contributed by atoms with Gasteiger partial charge in [-0.1, -0.05) is 19.3 Å². The van der Waals surface area contributed by atoms with Crippen molar-refractivity contribution in [3.63, 3.8) is 0 Å². The minimum Gasteiger partial charge on any atom is -0.348 e. The lowest BCUT2D eigenvalue weighted by Crippen LogP contribution is -2.48. The third-order valence-corrected chi connectivity index (χ3v) is 3.72. The van der Waals surface area contributed by atoms with E-state index in [0.29, 0.717) is 0 Å². The summed E-state index contributed by atoms with van der Waals surface area (Å²) in [6, 6.07) is 0. The molecule has 2 N–H and O–H groups in total. The van der Waals surface area contributed by atoms with Gasteiger partial charge in [-0.05, 0) is 12.8 Å². The van der Waals surface area contributed by atoms with Gasteiger partial charge in [0.15, 0.2) is 0 Å². The summed E-state index contributed by atoms with van der Waals surface area (Å²) in [5.74, 6) is 0. The van der Waals surface area contributed by atoms with Gasteiger partial charge >= 0.3 is 0 Å². The summed E-state index contributed by atoms with van der Waals surface area (Å²) in [6.45, 7) is 1.11. The number of imidazole rings is 1. The first kappa shape index (κ1) is 8.48. The molecule has 1 spiro atoms. The fourth-order valence-electron chi connectivity index (χ4n) is 3.00. The van der Waals surface area contributed by atoms with Crippen molar-refractivity contribution in [2.45, 2.75) is 44.1 Å². The first-order valence-electron chi connectivity index (χ1n) is 5.68. The molecule has 2 heterocycles. The zero-order valence-electron chi connectivity index (χ0n) is 8.47. The number of hydrogen-bond acceptors (Lipinski definition) is 2. The van der Waals surface area contributed by atoms with E-state index in [4.69, 9.17) is 0 Å². The monoisotopic (exact) mass is 191 g/mol. The lowest BCUT2D eigenvalue weighted by atomic mass is 9.76. The Balaban J connectivity index is 2.01. The van der Waals surface area contributed by atoms with E-state index < -0.39 is 0 Å². The molecule has 1 aromatic rings. The van der Waals surface area contributed by atoms with E-state index in [-0.39, 0.29) is 5.54 Å². The summed E-state index contributed by atoms with van der Waals surface area (Å²) < 4.78 is 0. The van der Waals surface area contributed by atoms with Gasteiger partial charge in [0, 0.05) is 18.7 Å². The predicted octanol–water partition coefficient (Wildman–Crippen LogP) is 1.71. The number of aromatic nitrogens is 2. The summed E-state index contributed by atoms with van der Waals surface area (Å²) in [6.07, 6.45) is 9.59. The van der Waals surface area contributed by atoms with Crippen molar-refractivity contribution in [1.29, 1.82) is 0 Å². The molecule has 2 aliphatic rings. The molecule has 0 atom stereocenters. The molecule has 76 valence electrons. The maximum absolute atomic E-state index is 4.52. The first-order chi connectivity index (χ1) is 6.91. The van der Waals surface area contributed by atoms with Crippen LogP contribution >= 0.6 is 0 Å². The summed E-state index contributed by atoms with van der Waals surface area (Å²) in [5, 5.41) is 3.69. The van der Waals surface area contributed by atoms with Crippen LogP contribution in [-0.4, -0.2) is 16.5 Å². The highest BCUT2D eigenvalue weighted by Crippen LogP contribution is 2.39. The Morgan fingerprint density at radius 3 is 2.93 bits per heavy atom. The zero-order valence-corrected chi connectivity index (χ0v) is 8.47. The largest absolute Gasteiger partial charge is 0.348 e. The molecule has 0 unspecified atom stereocenters. The second-order valence-electron chi connectivity index (χ2n) is 4.55. The maximum Gasteiger partial charge on any atom is 0.0926 e. The van der Waals surface area contributed by atoms with Gasteiger partial charge in [-0.3, -0.25) is 0 Å². The van der Waals surface area contributed by atoms with Crippen molar-refractivity contribution in [3.8, 4) is 0 Å². The minimum atomic E-state index is 0.228. The molecule has 14 heavy (non-hydrogen) atoms. The van der Waals surface area contributed by atoms with Gasteiger partial charge in [0.05, 0.1) is 17.6 Å². The van der Waals surface area contributed by atoms with Crippen LogP contribution in [0.3, 0.4) is 0 Å². The number of nitrogens with zero attached hydrogens (tertiary/aromatic N) is 1. The molecule has 0 amide bonds. The standard InChI is InChI=1S/C11H17N3/c1-2-5-11(6-3-1)10-9(4-7-14-11)12-8-13-10/h8,14H,1-7H2,(H,12,13). The van der Waals surface area contributed by atoms with Crippen LogP contribution in [0.5, 0.6) is 0 Å². The smallest absolute Gasteiger partial charge is 0.0926 e. The Kier molecular flexibility index (Phi) is 1.87. The fraction of sp³-hybridized carbons (Fsp3) is 0.727. The van der Waals surface area contributed by atoms with Gasteiger partial charge in [-0.2, -0.15) is 0 Å². The van der Waals surface area contributed by atoms with E-state index in [1.54, 1.807) is 0 Å². The van der Waals surface area contributed by atoms with Crippen LogP contribution in [0.25, 0.3) is 0 Å². The fourth-order valence-corrected chi connectivity index (χ4v) is 3.00. The number of hydrogen-bond donors (Lipinski definition) is 2. The molecule has 0 saturated heterocycles. The molecule has 1 aromatic heterocycles. The SMILES string of the molecule is c1nc2c([nH]1)CCNC21CCCCC1. The van der Waals surface area contributed by atoms with Gasteiger partial charge in [0.1, 0.15) is 0 Å². The van der Waals surface area contributed by atoms with Gasteiger partial charge in [-0.25, -0.2) is 4.98 Å². The Morgan fingerprint density at radius 1 is 1.21 bits per heavy atom. The normalized spacial score (nSPS) is 24.9. The second kappa shape index (κ2) is 3.09. The van der Waals surface area contributed by atoms with Gasteiger partial charge in [-0.15, -0.1) is 0 Å². The van der Waals surface area contributed by atoms with Crippen molar-refractivity contribution in [3.05, 3.63) is 17.7 Å². The number of H-pyrrole nitrogens is 1. The Hall–Kier alpha value is -0.830. The summed E-state index contributed by atoms with van der Waals surface area (Å²) in [7, 11) is 0. The highest BCUT2D eigenvalue weighted by molar-refractivity contribution is 5.25. The second-order valence-corrected chi connectivity index (χ2v) is 4.55. The van der Waals surface area contributed by atoms with E-state index in [0.717, 1.165) is 13.0 Å². The van der Waals surface area contributed by atoms with E-state index in [9.17, 15) is 0 Å². The van der Waals surface area contributed by atoms with Crippen LogP contribution in [0.4, 0.5) is 0 Å². The van der Waals surface area contributed by atoms with Gasteiger partial charge in [0.2, 0.25) is 0 Å². The third-order valence-electron chi connectivity index (χ3n) is 3.72. The average molecular weight is 191 g/mol. The lowest BCUT2D eigenvalue weighted by Gasteiger charge is -2.40. The zero-order chi connectivity index (χ0) is 9.43. The highest BCUT2D eigenvalue weighted by Gasteiger charge is 2.39. The van der Waals surface area contributed by atoms with Crippen molar-refractivity contribution in [2.24, 2.45) is 0 Å². The molecule has 0 aromatic carbocycles. The molecule has 0 bridgehead atoms. The van der Waals surface area contributed by atoms with E-state index >= 15 is 0 Å². The number of rotatable bonds is 0. The van der Waals surface area contributed by atoms with Gasteiger partial charge in [0.25, 0.3) is 0 Å². The van der Waals surface area contributed by atoms with Crippen molar-refractivity contribution in [1.82, 2.24) is 15.3 Å². The maximum atomic E-state index is 4.52. The minimum absolute atomic E-state index is 0.228. The van der Waals surface area contributed by atoms with Crippen LogP contribution < -0.4 is 5.32 Å². The molecule has 3 heteroatoms. The van der Waals surface area contributed by atoms with Crippen LogP contribution in [0.2, 0.25) is 0 Å². The molecular weight excluding hydrogens is 174 g/mol. The van der Waals surface area contributed by atoms with E-state index in [2.05, 4.69) is 15.3 Å². The Labute approximate surface area is 84.3 Å². The first-order valence-corrected chi connectivity index (χ1v) is 5.68. The van der Waals surface area contributed by atoms with Crippen molar-refractivity contribution in [2.75, 3.05) is 6.54 Å². The molecule has 1 fully saturated rings. The molecule has 3 rings (SSSR count). The van der Waals surface area contributed by atoms with Crippen LogP contribution in [0.1, 0.15) is 43.5 Å². The van der Waals surface area contributed by atoms with Crippen molar-refractivity contribution >= 4 is 0 Å². The summed E-state index contributed by atoms with van der Waals surface area (Å²) >= 11 is 0. The van der Waals surface area contributed by atoms with E-state index in [1.165, 1.54) is 43.5 Å². The Morgan fingerprint density at radius 2 is 2.07 bits per heavy atom. The van der Waals surface area contributed by atoms with E-state index in [1.807, 2.05) is 6.33 Å². The molecular formula is C11H17N3. The number of aromatic amines is 1. The number of fused-ring (bicyclic) bond motifs is 2. The molecule has 1 aliphatic heterocycles. The Bertz CT molecular complexity index is 323. The summed E-state index contributed by atoms with van der Waals surface area (Å²) in [4.78, 5) is 7.79. The van der Waals surface area contributed by atoms with Gasteiger partial charge < -0.3 is 10.3 Å². The molecule has 1 aliphatic carbocycles. The van der Waals surface area contributed by atoms with Crippen LogP contribution in [-0.2, 0) is 12.0 Å².